The zero-order chi connectivity index (χ0) is 50.9. The molecule has 0 saturated carbocycles. The summed E-state index contributed by atoms with van der Waals surface area (Å²) >= 11 is 0. The molecule has 3 aromatic heterocycles. The summed E-state index contributed by atoms with van der Waals surface area (Å²) in [4.78, 5) is 0. The highest BCUT2D eigenvalue weighted by atomic mass is 16.3. The van der Waals surface area contributed by atoms with E-state index in [2.05, 4.69) is 0 Å². The summed E-state index contributed by atoms with van der Waals surface area (Å²) in [7, 11) is 0. The summed E-state index contributed by atoms with van der Waals surface area (Å²) in [6.45, 7) is 0. The molecular weight excluding hydrogens is 621 g/mol. The largest absolute Gasteiger partial charge is 0.456 e. The molecule has 3 heteroatoms. The maximum Gasteiger partial charge on any atom is 0.137 e. The van der Waals surface area contributed by atoms with Gasteiger partial charge in [0.25, 0.3) is 0 Å². The standard InChI is InChI=1S/C48H30N2O/c1-2-12-31(13-3-1)32-14-10-15-33(28-32)34-24-27-46-40(29-34)48-44(22-11-23-47(48)51-46)50-43-21-9-6-18-38(43)39-26-25-35(30-45(39)50)49-41-19-7-4-16-36(41)37-17-5-8-20-42(37)49/h1-30H/i1D,2D,3D,4D,5D,6D,7D,8D,9D,12D,13D,16D,17D,18D,19D,20D,21D,25D,26D,30D. The lowest BCUT2D eigenvalue weighted by atomic mass is 9.98. The van der Waals surface area contributed by atoms with Crippen molar-refractivity contribution in [2.24, 2.45) is 0 Å². The molecule has 51 heavy (non-hydrogen) atoms. The average molecular weight is 671 g/mol. The Bertz CT molecular complexity index is 4200. The fourth-order valence-electron chi connectivity index (χ4n) is 6.92. The molecule has 3 heterocycles. The Morgan fingerprint density at radius 3 is 1.73 bits per heavy atom. The van der Waals surface area contributed by atoms with Crippen LogP contribution in [0.2, 0.25) is 0 Å². The lowest BCUT2D eigenvalue weighted by Gasteiger charge is -2.12. The number of hydrogen-bond donors (Lipinski definition) is 0. The van der Waals surface area contributed by atoms with Crippen LogP contribution in [0.1, 0.15) is 27.4 Å². The van der Waals surface area contributed by atoms with E-state index < -0.39 is 125 Å². The van der Waals surface area contributed by atoms with Gasteiger partial charge in [-0.3, -0.25) is 0 Å². The van der Waals surface area contributed by atoms with Crippen molar-refractivity contribution < 1.29 is 31.8 Å². The van der Waals surface area contributed by atoms with Crippen molar-refractivity contribution in [3.63, 3.8) is 0 Å². The van der Waals surface area contributed by atoms with Crippen LogP contribution in [0.15, 0.2) is 186 Å². The van der Waals surface area contributed by atoms with Crippen LogP contribution < -0.4 is 0 Å². The smallest absolute Gasteiger partial charge is 0.137 e. The third-order valence-electron chi connectivity index (χ3n) is 9.10. The monoisotopic (exact) mass is 670 g/mol. The van der Waals surface area contributed by atoms with Crippen LogP contribution >= 0.6 is 0 Å². The van der Waals surface area contributed by atoms with E-state index in [-0.39, 0.29) is 61.5 Å². The van der Waals surface area contributed by atoms with Crippen LogP contribution in [0, 0.1) is 0 Å². The predicted molar refractivity (Wildman–Crippen MR) is 213 cm³/mol. The minimum Gasteiger partial charge on any atom is -0.456 e. The van der Waals surface area contributed by atoms with Gasteiger partial charge >= 0.3 is 0 Å². The molecule has 8 aromatic carbocycles. The van der Waals surface area contributed by atoms with Gasteiger partial charge in [-0.15, -0.1) is 0 Å². The number of hydrogen-bond acceptors (Lipinski definition) is 1. The summed E-state index contributed by atoms with van der Waals surface area (Å²) in [6.07, 6.45) is 0. The van der Waals surface area contributed by atoms with Crippen LogP contribution in [0.4, 0.5) is 0 Å². The van der Waals surface area contributed by atoms with Crippen molar-refractivity contribution >= 4 is 65.6 Å². The van der Waals surface area contributed by atoms with E-state index in [0.29, 0.717) is 33.0 Å². The quantitative estimate of drug-likeness (QED) is 0.183. The lowest BCUT2D eigenvalue weighted by Crippen LogP contribution is -1.97. The Labute approximate surface area is 321 Å². The van der Waals surface area contributed by atoms with Crippen LogP contribution in [-0.2, 0) is 0 Å². The fourth-order valence-corrected chi connectivity index (χ4v) is 6.92. The average Bonchev–Trinajstić information content (AvgIpc) is 4.04. The highest BCUT2D eigenvalue weighted by molar-refractivity contribution is 6.15. The Morgan fingerprint density at radius 1 is 0.412 bits per heavy atom. The number of aromatic nitrogens is 2. The van der Waals surface area contributed by atoms with Gasteiger partial charge in [-0.1, -0.05) is 121 Å². The zero-order valence-corrected chi connectivity index (χ0v) is 26.1. The van der Waals surface area contributed by atoms with Crippen LogP contribution in [-0.4, -0.2) is 9.13 Å². The van der Waals surface area contributed by atoms with Gasteiger partial charge in [0.1, 0.15) is 11.2 Å². The molecule has 238 valence electrons. The van der Waals surface area contributed by atoms with E-state index in [9.17, 15) is 6.85 Å². The Hall–Kier alpha value is -6.84. The van der Waals surface area contributed by atoms with E-state index in [0.717, 1.165) is 4.57 Å². The first-order valence-electron chi connectivity index (χ1n) is 25.8. The van der Waals surface area contributed by atoms with E-state index >= 15 is 0 Å². The third-order valence-corrected chi connectivity index (χ3v) is 9.10. The van der Waals surface area contributed by atoms with E-state index in [1.807, 2.05) is 0 Å². The Kier molecular flexibility index (Phi) is 3.18. The van der Waals surface area contributed by atoms with Crippen LogP contribution in [0.25, 0.3) is 99.2 Å². The molecule has 0 atom stereocenters. The molecule has 0 aliphatic carbocycles. The van der Waals surface area contributed by atoms with Crippen molar-refractivity contribution in [1.82, 2.24) is 9.13 Å². The minimum atomic E-state index is -0.755. The third kappa shape index (κ3) is 4.19. The number of para-hydroxylation sites is 3. The fraction of sp³-hybridized carbons (Fsp3) is 0. The highest BCUT2D eigenvalue weighted by Gasteiger charge is 2.20. The van der Waals surface area contributed by atoms with Crippen molar-refractivity contribution in [2.75, 3.05) is 0 Å². The zero-order valence-electron chi connectivity index (χ0n) is 46.1. The second kappa shape index (κ2) is 10.8. The van der Waals surface area contributed by atoms with Gasteiger partial charge in [0, 0.05) is 32.6 Å². The molecule has 0 amide bonds. The maximum atomic E-state index is 10.1. The van der Waals surface area contributed by atoms with Gasteiger partial charge in [0.2, 0.25) is 0 Å². The molecule has 11 rings (SSSR count). The van der Waals surface area contributed by atoms with Crippen molar-refractivity contribution in [3.05, 3.63) is 182 Å². The second-order valence-corrected chi connectivity index (χ2v) is 11.8. The number of benzene rings is 8. The molecular formula is C48H30N2O. The molecule has 0 saturated heterocycles. The molecule has 11 aromatic rings. The van der Waals surface area contributed by atoms with E-state index in [4.69, 9.17) is 25.0 Å². The van der Waals surface area contributed by atoms with Crippen molar-refractivity contribution in [1.29, 1.82) is 0 Å². The van der Waals surface area contributed by atoms with E-state index in [1.54, 1.807) is 60.7 Å². The van der Waals surface area contributed by atoms with Gasteiger partial charge in [-0.2, -0.15) is 0 Å². The predicted octanol–water partition coefficient (Wildman–Crippen LogP) is 13.1. The molecule has 0 bridgehead atoms. The molecule has 3 nitrogen and oxygen atoms in total. The van der Waals surface area contributed by atoms with Gasteiger partial charge in [0.15, 0.2) is 0 Å². The van der Waals surface area contributed by atoms with Crippen LogP contribution in [0.3, 0.4) is 0 Å². The first-order chi connectivity index (χ1) is 33.6. The summed E-state index contributed by atoms with van der Waals surface area (Å²) in [5, 5.41) is -0.294. The second-order valence-electron chi connectivity index (χ2n) is 11.8. The molecule has 0 fully saturated rings. The summed E-state index contributed by atoms with van der Waals surface area (Å²) in [5.41, 5.74) is 0.547. The van der Waals surface area contributed by atoms with Crippen LogP contribution in [0.5, 0.6) is 0 Å². The summed E-state index contributed by atoms with van der Waals surface area (Å²) in [6, 6.07) is 4.41. The normalized spacial score (nSPS) is 17.4. The molecule has 0 radical (unpaired) electrons. The van der Waals surface area contributed by atoms with E-state index in [1.165, 1.54) is 4.57 Å². The SMILES string of the molecule is [2H]c1c([2H])c([2H])c(-c2cccc(-c3ccc4oc5cccc(-n6c7c([2H])c([2H])c([2H])c([2H])c7c7c([2H])c([2H])c(-n8c9c([2H])c([2H])c([2H])c([2H])c9c9c([2H])c([2H])c([2H])c([2H])c98)c([2H])c76)c5c4c3)c2)c([2H])c1[2H]. The van der Waals surface area contributed by atoms with Gasteiger partial charge in [-0.25, -0.2) is 0 Å². The number of nitrogens with zero attached hydrogens (tertiary/aromatic N) is 2. The van der Waals surface area contributed by atoms with Gasteiger partial charge < -0.3 is 13.6 Å². The summed E-state index contributed by atoms with van der Waals surface area (Å²) < 4.78 is 186. The Balaban J connectivity index is 1.28. The topological polar surface area (TPSA) is 23.0 Å². The first kappa shape index (κ1) is 15.0. The van der Waals surface area contributed by atoms with Crippen molar-refractivity contribution in [3.8, 4) is 33.6 Å². The maximum absolute atomic E-state index is 10.1. The van der Waals surface area contributed by atoms with Gasteiger partial charge in [0.05, 0.1) is 60.6 Å². The molecule has 0 aliphatic rings. The molecule has 0 aliphatic heterocycles. The number of furan rings is 1. The van der Waals surface area contributed by atoms with Crippen molar-refractivity contribution in [2.45, 2.75) is 0 Å². The number of rotatable bonds is 4. The first-order valence-corrected chi connectivity index (χ1v) is 15.8. The minimum absolute atomic E-state index is 0.00249. The Morgan fingerprint density at radius 2 is 1.00 bits per heavy atom. The summed E-state index contributed by atoms with van der Waals surface area (Å²) in [5.74, 6) is 0. The lowest BCUT2D eigenvalue weighted by molar-refractivity contribution is 0.669. The molecule has 0 N–H and O–H groups in total. The highest BCUT2D eigenvalue weighted by Crippen LogP contribution is 2.41. The van der Waals surface area contributed by atoms with Gasteiger partial charge in [-0.05, 0) is 82.8 Å². The molecule has 0 unspecified atom stereocenters. The number of fused-ring (bicyclic) bond motifs is 9. The molecule has 0 spiro atoms.